The Morgan fingerprint density at radius 3 is 1.08 bits per heavy atom. The number of hydrogen-bond acceptors (Lipinski definition) is 4. The molecule has 2 aliphatic heterocycles. The van der Waals surface area contributed by atoms with Gasteiger partial charge in [0.25, 0.3) is 0 Å². The van der Waals surface area contributed by atoms with Crippen molar-refractivity contribution >= 4 is 51.8 Å². The lowest BCUT2D eigenvalue weighted by Gasteiger charge is -2.19. The third-order valence-electron chi connectivity index (χ3n) is 13.7. The van der Waals surface area contributed by atoms with Gasteiger partial charge in [-0.1, -0.05) is 180 Å². The second-order valence-corrected chi connectivity index (χ2v) is 23.0. The van der Waals surface area contributed by atoms with Crippen LogP contribution < -0.4 is 0 Å². The Hall–Kier alpha value is -7.82. The number of H-pyrrole nitrogens is 2. The summed E-state index contributed by atoms with van der Waals surface area (Å²) in [6, 6.07) is 45.0. The van der Waals surface area contributed by atoms with E-state index in [9.17, 15) is 15.2 Å². The molecular weight excluding hydrogens is 871 g/mol. The van der Waals surface area contributed by atoms with Crippen molar-refractivity contribution in [2.45, 2.75) is 105 Å². The van der Waals surface area contributed by atoms with Crippen molar-refractivity contribution in [1.82, 2.24) is 19.9 Å². The van der Waals surface area contributed by atoms with Crippen molar-refractivity contribution in [2.75, 3.05) is 0 Å². The molecule has 0 unspecified atom stereocenters. The number of hydrogen-bond donors (Lipinski definition) is 3. The molecule has 71 heavy (non-hydrogen) atoms. The van der Waals surface area contributed by atoms with Gasteiger partial charge in [0.15, 0.2) is 0 Å². The van der Waals surface area contributed by atoms with Crippen LogP contribution in [0.4, 0.5) is 0 Å². The van der Waals surface area contributed by atoms with Gasteiger partial charge in [0.1, 0.15) is 11.6 Å². The maximum absolute atomic E-state index is 12.7. The van der Waals surface area contributed by atoms with Crippen molar-refractivity contribution in [2.24, 2.45) is 0 Å². The Morgan fingerprint density at radius 1 is 0.465 bits per heavy atom. The van der Waals surface area contributed by atoms with Crippen LogP contribution in [0.1, 0.15) is 128 Å². The normalized spacial score (nSPS) is 13.3. The van der Waals surface area contributed by atoms with Gasteiger partial charge in [0.2, 0.25) is 0 Å². The van der Waals surface area contributed by atoms with Crippen LogP contribution in [0.5, 0.6) is 0 Å². The number of aromatic amines is 2. The number of nitriles is 1. The Balaban J connectivity index is 1.49. The zero-order chi connectivity index (χ0) is 50.8. The third-order valence-corrected chi connectivity index (χ3v) is 13.7. The molecule has 7 aromatic rings. The van der Waals surface area contributed by atoms with Crippen molar-refractivity contribution in [3.8, 4) is 50.6 Å². The van der Waals surface area contributed by atoms with E-state index in [1.165, 1.54) is 28.3 Å². The van der Waals surface area contributed by atoms with E-state index < -0.39 is 11.5 Å². The van der Waals surface area contributed by atoms with E-state index in [1.807, 2.05) is 12.1 Å². The molecule has 7 nitrogen and oxygen atoms in total. The number of carboxylic acids is 1. The molecule has 0 saturated carbocycles. The van der Waals surface area contributed by atoms with E-state index in [2.05, 4.69) is 227 Å². The number of carbonyl (C=O) groups is 1. The summed E-state index contributed by atoms with van der Waals surface area (Å²) in [7, 11) is 0. The standard InChI is InChI=1S/C64H63N5O2/c1-61(2,3)44-21-13-38(14-22-44)55-48-29-30-49(66-48)56(39-15-23-45(24-16-39)62(4,5)6)51-33-34-53(68-51)58(41-19-27-47(28-20-41)64(10,11)12)59-42(35-43(37-65)60(70)71)36-54(69-59)57(52-32-31-50(55)67-52)40-17-25-46(26-18-40)63(7,8)9/h13-36,67-68H,1-12H3,(H,70,71)/b43-35+,55-48?,55-50?,56-49?,56-51?,57-52?,57-54?,58-53?,59-58?. The van der Waals surface area contributed by atoms with Gasteiger partial charge in [0.05, 0.1) is 22.8 Å². The van der Waals surface area contributed by atoms with Crippen molar-refractivity contribution in [1.29, 1.82) is 5.26 Å². The predicted octanol–water partition coefficient (Wildman–Crippen LogP) is 16.4. The second kappa shape index (κ2) is 17.9. The first kappa shape index (κ1) is 48.2. The lowest BCUT2D eigenvalue weighted by atomic mass is 9.86. The van der Waals surface area contributed by atoms with Gasteiger partial charge in [-0.15, -0.1) is 0 Å². The van der Waals surface area contributed by atoms with Crippen molar-refractivity contribution < 1.29 is 9.90 Å². The summed E-state index contributed by atoms with van der Waals surface area (Å²) in [6.07, 6.45) is 7.61. The Bertz CT molecular complexity index is 3540. The van der Waals surface area contributed by atoms with Crippen LogP contribution >= 0.6 is 0 Å². The molecule has 4 aromatic carbocycles. The largest absolute Gasteiger partial charge is 0.477 e. The zero-order valence-electron chi connectivity index (χ0n) is 43.1. The highest BCUT2D eigenvalue weighted by atomic mass is 16.4. The van der Waals surface area contributed by atoms with Gasteiger partial charge in [-0.05, 0) is 115 Å². The molecule has 0 aliphatic carbocycles. The zero-order valence-corrected chi connectivity index (χ0v) is 43.1. The summed E-state index contributed by atoms with van der Waals surface area (Å²) in [6.45, 7) is 26.5. The first-order valence-electron chi connectivity index (χ1n) is 24.5. The molecule has 356 valence electrons. The van der Waals surface area contributed by atoms with Crippen LogP contribution in [-0.4, -0.2) is 31.0 Å². The van der Waals surface area contributed by atoms with Crippen LogP contribution in [0.2, 0.25) is 0 Å². The highest BCUT2D eigenvalue weighted by Gasteiger charge is 2.25. The molecule has 3 N–H and O–H groups in total. The summed E-state index contributed by atoms with van der Waals surface area (Å²) < 4.78 is 0. The minimum absolute atomic E-state index is 0.0340. The number of rotatable bonds is 6. The van der Waals surface area contributed by atoms with Crippen LogP contribution in [0.3, 0.4) is 0 Å². The number of allylic oxidation sites excluding steroid dienone is 2. The molecule has 5 heterocycles. The van der Waals surface area contributed by atoms with E-state index in [0.717, 1.165) is 78.0 Å². The maximum atomic E-state index is 12.7. The molecule has 2 aliphatic rings. The summed E-state index contributed by atoms with van der Waals surface area (Å²) >= 11 is 0. The molecule has 0 spiro atoms. The van der Waals surface area contributed by atoms with E-state index in [0.29, 0.717) is 17.0 Å². The summed E-state index contributed by atoms with van der Waals surface area (Å²) in [5.74, 6) is -1.31. The maximum Gasteiger partial charge on any atom is 0.346 e. The van der Waals surface area contributed by atoms with Gasteiger partial charge >= 0.3 is 5.97 Å². The number of aromatic nitrogens is 4. The molecule has 0 radical (unpaired) electrons. The van der Waals surface area contributed by atoms with E-state index in [4.69, 9.17) is 9.97 Å². The summed E-state index contributed by atoms with van der Waals surface area (Å²) in [4.78, 5) is 31.5. The molecule has 0 saturated heterocycles. The molecule has 0 fully saturated rings. The smallest absolute Gasteiger partial charge is 0.346 e. The highest BCUT2D eigenvalue weighted by molar-refractivity contribution is 6.06. The quantitative estimate of drug-likeness (QED) is 0.113. The van der Waals surface area contributed by atoms with Gasteiger partial charge in [-0.3, -0.25) is 0 Å². The fourth-order valence-corrected chi connectivity index (χ4v) is 9.47. The molecule has 9 rings (SSSR count). The number of carboxylic acid groups (broad SMARTS) is 1. The van der Waals surface area contributed by atoms with Crippen LogP contribution in [-0.2, 0) is 26.5 Å². The van der Waals surface area contributed by atoms with Crippen LogP contribution in [0.25, 0.3) is 90.4 Å². The fourth-order valence-electron chi connectivity index (χ4n) is 9.47. The lowest BCUT2D eigenvalue weighted by Crippen LogP contribution is -2.10. The number of benzene rings is 4. The van der Waals surface area contributed by atoms with Gasteiger partial charge in [-0.25, -0.2) is 14.8 Å². The Labute approximate surface area is 418 Å². The van der Waals surface area contributed by atoms with Gasteiger partial charge < -0.3 is 15.1 Å². The molecular formula is C64H63N5O2. The molecule has 7 heteroatoms. The first-order chi connectivity index (χ1) is 33.5. The molecule has 3 aromatic heterocycles. The SMILES string of the molecule is CC(C)(C)c1ccc(-c2c3nc(c(-c4ccc(C(C)(C)C)cc4)c4ccc([nH]4)c(-c4ccc(C(C)(C)C)cc4)c4nc(c(-c5ccc(C(C)(C)C)cc5)c5ccc2[nH]5)C=C4/C=C(\C#N)C(=O)O)C=C3)cc1. The fraction of sp³-hybridized carbons (Fsp3) is 0.250. The van der Waals surface area contributed by atoms with Gasteiger partial charge in [0, 0.05) is 49.9 Å². The third kappa shape index (κ3) is 9.60. The minimum Gasteiger partial charge on any atom is -0.477 e. The number of aliphatic carboxylic acids is 1. The predicted molar refractivity (Wildman–Crippen MR) is 296 cm³/mol. The monoisotopic (exact) mass is 933 g/mol. The number of nitrogens with zero attached hydrogens (tertiary/aromatic N) is 3. The van der Waals surface area contributed by atoms with Crippen LogP contribution in [0.15, 0.2) is 133 Å². The molecule has 0 amide bonds. The van der Waals surface area contributed by atoms with Crippen molar-refractivity contribution in [3.63, 3.8) is 0 Å². The van der Waals surface area contributed by atoms with Gasteiger partial charge in [-0.2, -0.15) is 5.26 Å². The van der Waals surface area contributed by atoms with E-state index in [1.54, 1.807) is 0 Å². The summed E-state index contributed by atoms with van der Waals surface area (Å²) in [5, 5.41) is 20.6. The highest BCUT2D eigenvalue weighted by Crippen LogP contribution is 2.42. The minimum atomic E-state index is -1.31. The Kier molecular flexibility index (Phi) is 12.1. The molecule has 0 atom stereocenters. The summed E-state index contributed by atoms with van der Waals surface area (Å²) in [5.41, 5.74) is 18.0. The average molecular weight is 934 g/mol. The van der Waals surface area contributed by atoms with Crippen molar-refractivity contribution in [3.05, 3.63) is 178 Å². The Morgan fingerprint density at radius 2 is 0.775 bits per heavy atom. The van der Waals surface area contributed by atoms with Crippen LogP contribution in [0, 0.1) is 11.3 Å². The second-order valence-electron chi connectivity index (χ2n) is 23.0. The topological polar surface area (TPSA) is 118 Å². The van der Waals surface area contributed by atoms with E-state index >= 15 is 0 Å². The molecule has 8 bridgehead atoms. The number of fused-ring (bicyclic) bond motifs is 8. The average Bonchev–Trinajstić information content (AvgIpc) is 4.15. The van der Waals surface area contributed by atoms with E-state index in [-0.39, 0.29) is 21.7 Å². The lowest BCUT2D eigenvalue weighted by molar-refractivity contribution is -0.132. The first-order valence-corrected chi connectivity index (χ1v) is 24.5. The number of nitrogens with one attached hydrogen (secondary N) is 2.